The highest BCUT2D eigenvalue weighted by Gasteiger charge is 2.33. The first-order valence-corrected chi connectivity index (χ1v) is 11.3. The highest BCUT2D eigenvalue weighted by atomic mass is 28.4. The summed E-state index contributed by atoms with van der Waals surface area (Å²) in [7, 11) is -1.87. The fourth-order valence-corrected chi connectivity index (χ4v) is 4.88. The van der Waals surface area contributed by atoms with Crippen molar-refractivity contribution in [3.05, 3.63) is 0 Å². The normalized spacial score (nSPS) is 12.0. The maximum absolute atomic E-state index is 6.23. The molecule has 0 unspecified atom stereocenters. The van der Waals surface area contributed by atoms with Crippen LogP contribution >= 0.6 is 0 Å². The summed E-state index contributed by atoms with van der Waals surface area (Å²) < 4.78 is 12.5. The van der Waals surface area contributed by atoms with E-state index in [1.165, 1.54) is 57.8 Å². The Morgan fingerprint density at radius 3 is 1.35 bits per heavy atom. The second-order valence-corrected chi connectivity index (χ2v) is 9.60. The van der Waals surface area contributed by atoms with Crippen molar-refractivity contribution in [2.75, 3.05) is 13.2 Å². The average molecular weight is 303 g/mol. The van der Waals surface area contributed by atoms with E-state index in [4.69, 9.17) is 8.85 Å². The standard InChI is InChI=1S/C17H38O2Si/c1-5-9-11-13-15-17-19-20(7-3,8-4)18-16-14-12-10-6-2/h5-17H2,1-4H3. The minimum atomic E-state index is -1.87. The van der Waals surface area contributed by atoms with Gasteiger partial charge in [-0.3, -0.25) is 0 Å². The molecule has 3 heteroatoms. The third-order valence-corrected chi connectivity index (χ3v) is 7.67. The zero-order valence-corrected chi connectivity index (χ0v) is 15.5. The zero-order chi connectivity index (χ0) is 15.1. The van der Waals surface area contributed by atoms with Gasteiger partial charge in [-0.05, 0) is 24.9 Å². The molecule has 0 bridgehead atoms. The Morgan fingerprint density at radius 2 is 0.950 bits per heavy atom. The van der Waals surface area contributed by atoms with Crippen LogP contribution in [0.15, 0.2) is 0 Å². The third-order valence-electron chi connectivity index (χ3n) is 4.05. The van der Waals surface area contributed by atoms with E-state index in [1.807, 2.05) is 0 Å². The molecule has 0 amide bonds. The summed E-state index contributed by atoms with van der Waals surface area (Å²) >= 11 is 0. The smallest absolute Gasteiger partial charge is 0.337 e. The van der Waals surface area contributed by atoms with Crippen LogP contribution in [0.25, 0.3) is 0 Å². The first-order valence-electron chi connectivity index (χ1n) is 9.02. The van der Waals surface area contributed by atoms with Crippen LogP contribution in [0, 0.1) is 0 Å². The van der Waals surface area contributed by atoms with Gasteiger partial charge in [0.2, 0.25) is 0 Å². The van der Waals surface area contributed by atoms with Crippen LogP contribution < -0.4 is 0 Å². The molecule has 2 nitrogen and oxygen atoms in total. The molecule has 0 aromatic carbocycles. The van der Waals surface area contributed by atoms with E-state index in [0.717, 1.165) is 25.3 Å². The molecule has 0 saturated carbocycles. The van der Waals surface area contributed by atoms with E-state index in [2.05, 4.69) is 27.7 Å². The predicted molar refractivity (Wildman–Crippen MR) is 91.5 cm³/mol. The highest BCUT2D eigenvalue weighted by Crippen LogP contribution is 2.20. The van der Waals surface area contributed by atoms with E-state index in [9.17, 15) is 0 Å². The Hall–Kier alpha value is 0.137. The molecule has 122 valence electrons. The van der Waals surface area contributed by atoms with E-state index in [1.54, 1.807) is 0 Å². The molecule has 0 fully saturated rings. The summed E-state index contributed by atoms with van der Waals surface area (Å²) in [6, 6.07) is 2.18. The largest absolute Gasteiger partial charge is 0.394 e. The van der Waals surface area contributed by atoms with Gasteiger partial charge in [0.25, 0.3) is 0 Å². The van der Waals surface area contributed by atoms with Gasteiger partial charge in [0.15, 0.2) is 0 Å². The van der Waals surface area contributed by atoms with Crippen LogP contribution in [0.4, 0.5) is 0 Å². The number of hydrogen-bond donors (Lipinski definition) is 0. The number of unbranched alkanes of at least 4 members (excludes halogenated alkanes) is 7. The van der Waals surface area contributed by atoms with Crippen molar-refractivity contribution in [2.24, 2.45) is 0 Å². The van der Waals surface area contributed by atoms with E-state index in [0.29, 0.717) is 0 Å². The van der Waals surface area contributed by atoms with Gasteiger partial charge in [0.05, 0.1) is 0 Å². The van der Waals surface area contributed by atoms with Crippen LogP contribution in [0.5, 0.6) is 0 Å². The molecule has 0 aliphatic carbocycles. The number of rotatable bonds is 15. The molecule has 0 saturated heterocycles. The van der Waals surface area contributed by atoms with Crippen molar-refractivity contribution >= 4 is 8.56 Å². The molecule has 0 aliphatic heterocycles. The molecule has 0 aliphatic rings. The quantitative estimate of drug-likeness (QED) is 0.271. The molecule has 0 rings (SSSR count). The fraction of sp³-hybridized carbons (Fsp3) is 1.00. The summed E-state index contributed by atoms with van der Waals surface area (Å²) in [6.07, 6.45) is 11.6. The monoisotopic (exact) mass is 302 g/mol. The minimum absolute atomic E-state index is 0.906. The van der Waals surface area contributed by atoms with Crippen LogP contribution in [0.1, 0.15) is 85.5 Å². The molecule has 0 spiro atoms. The molecule has 0 aromatic rings. The minimum Gasteiger partial charge on any atom is -0.394 e. The van der Waals surface area contributed by atoms with E-state index < -0.39 is 8.56 Å². The van der Waals surface area contributed by atoms with Gasteiger partial charge in [-0.25, -0.2) is 0 Å². The Balaban J connectivity index is 3.80. The van der Waals surface area contributed by atoms with Crippen LogP contribution in [-0.2, 0) is 8.85 Å². The fourth-order valence-electron chi connectivity index (χ4n) is 2.45. The van der Waals surface area contributed by atoms with Crippen molar-refractivity contribution < 1.29 is 8.85 Å². The van der Waals surface area contributed by atoms with E-state index in [-0.39, 0.29) is 0 Å². The number of hydrogen-bond acceptors (Lipinski definition) is 2. The van der Waals surface area contributed by atoms with Crippen LogP contribution in [0.3, 0.4) is 0 Å². The second kappa shape index (κ2) is 14.1. The maximum atomic E-state index is 6.23. The van der Waals surface area contributed by atoms with Crippen LogP contribution in [-0.4, -0.2) is 21.8 Å². The van der Waals surface area contributed by atoms with Crippen molar-refractivity contribution in [1.82, 2.24) is 0 Å². The lowest BCUT2D eigenvalue weighted by Crippen LogP contribution is -2.41. The Kier molecular flexibility index (Phi) is 14.2. The molecule has 0 heterocycles. The van der Waals surface area contributed by atoms with Gasteiger partial charge in [0.1, 0.15) is 0 Å². The molecular formula is C17H38O2Si. The van der Waals surface area contributed by atoms with Gasteiger partial charge >= 0.3 is 8.56 Å². The van der Waals surface area contributed by atoms with Crippen LogP contribution in [0.2, 0.25) is 12.1 Å². The molecule has 0 radical (unpaired) electrons. The molecule has 0 aromatic heterocycles. The van der Waals surface area contributed by atoms with Gasteiger partial charge in [-0.2, -0.15) is 0 Å². The Labute approximate surface area is 128 Å². The maximum Gasteiger partial charge on any atom is 0.337 e. The van der Waals surface area contributed by atoms with E-state index >= 15 is 0 Å². The van der Waals surface area contributed by atoms with Crippen molar-refractivity contribution in [1.29, 1.82) is 0 Å². The summed E-state index contributed by atoms with van der Waals surface area (Å²) in [4.78, 5) is 0. The summed E-state index contributed by atoms with van der Waals surface area (Å²) in [5.41, 5.74) is 0. The lowest BCUT2D eigenvalue weighted by atomic mass is 10.2. The van der Waals surface area contributed by atoms with Crippen molar-refractivity contribution in [3.8, 4) is 0 Å². The zero-order valence-electron chi connectivity index (χ0n) is 14.5. The van der Waals surface area contributed by atoms with Crippen molar-refractivity contribution in [2.45, 2.75) is 97.6 Å². The third kappa shape index (κ3) is 9.95. The van der Waals surface area contributed by atoms with Gasteiger partial charge < -0.3 is 8.85 Å². The summed E-state index contributed by atoms with van der Waals surface area (Å²) in [5, 5.41) is 0. The topological polar surface area (TPSA) is 18.5 Å². The molecule has 0 atom stereocenters. The van der Waals surface area contributed by atoms with Gasteiger partial charge in [0, 0.05) is 13.2 Å². The average Bonchev–Trinajstić information content (AvgIpc) is 2.48. The van der Waals surface area contributed by atoms with Crippen molar-refractivity contribution in [3.63, 3.8) is 0 Å². The lowest BCUT2D eigenvalue weighted by molar-refractivity contribution is 0.163. The first kappa shape index (κ1) is 20.1. The molecular weight excluding hydrogens is 264 g/mol. The Morgan fingerprint density at radius 1 is 0.550 bits per heavy atom. The Bertz CT molecular complexity index is 193. The second-order valence-electron chi connectivity index (χ2n) is 5.79. The highest BCUT2D eigenvalue weighted by molar-refractivity contribution is 6.67. The molecule has 0 N–H and O–H groups in total. The predicted octanol–water partition coefficient (Wildman–Crippen LogP) is 6.05. The summed E-state index contributed by atoms with van der Waals surface area (Å²) in [6.45, 7) is 10.8. The lowest BCUT2D eigenvalue weighted by Gasteiger charge is -2.29. The van der Waals surface area contributed by atoms with Gasteiger partial charge in [-0.1, -0.05) is 72.6 Å². The van der Waals surface area contributed by atoms with Gasteiger partial charge in [-0.15, -0.1) is 0 Å². The SMILES string of the molecule is CCCCCCCO[Si](CC)(CC)OCCCCCC. The first-order chi connectivity index (χ1) is 9.74. The molecule has 20 heavy (non-hydrogen) atoms. The summed E-state index contributed by atoms with van der Waals surface area (Å²) in [5.74, 6) is 0.